The van der Waals surface area contributed by atoms with E-state index >= 15 is 8.78 Å². The van der Waals surface area contributed by atoms with Crippen LogP contribution >= 0.6 is 11.9 Å². The molecule has 1 heterocycles. The first-order valence-corrected chi connectivity index (χ1v) is 12.6. The van der Waals surface area contributed by atoms with Crippen LogP contribution in [0.3, 0.4) is 0 Å². The summed E-state index contributed by atoms with van der Waals surface area (Å²) in [6, 6.07) is 4.74. The van der Waals surface area contributed by atoms with Gasteiger partial charge in [-0.15, -0.1) is 12.3 Å². The number of aliphatic hydroxyl groups is 2. The summed E-state index contributed by atoms with van der Waals surface area (Å²) in [7, 11) is 0. The Morgan fingerprint density at radius 3 is 2.56 bits per heavy atom. The molecular formula is C24H33F2N3O4S. The minimum atomic E-state index is -3.50. The third-order valence-corrected chi connectivity index (χ3v) is 6.88. The molecule has 0 aromatic heterocycles. The van der Waals surface area contributed by atoms with Gasteiger partial charge in [0.1, 0.15) is 0 Å². The SMILES string of the molecule is C#CCCCCNC(=O)Nc1ccc(C(F)(F)[C@H]2OC(CCSN)[C@@H](O)C(C3CC3)C2O)cc1. The van der Waals surface area contributed by atoms with E-state index in [9.17, 15) is 15.0 Å². The second kappa shape index (κ2) is 12.2. The van der Waals surface area contributed by atoms with Crippen molar-refractivity contribution in [2.75, 3.05) is 17.6 Å². The van der Waals surface area contributed by atoms with E-state index in [2.05, 4.69) is 16.6 Å². The van der Waals surface area contributed by atoms with Gasteiger partial charge in [-0.2, -0.15) is 8.78 Å². The van der Waals surface area contributed by atoms with E-state index in [0.717, 1.165) is 37.6 Å². The number of hydrogen-bond acceptors (Lipinski definition) is 6. The van der Waals surface area contributed by atoms with Crippen molar-refractivity contribution in [2.45, 2.75) is 68.9 Å². The second-order valence-electron chi connectivity index (χ2n) is 8.89. The average Bonchev–Trinajstić information content (AvgIpc) is 3.64. The fourth-order valence-corrected chi connectivity index (χ4v) is 4.80. The summed E-state index contributed by atoms with van der Waals surface area (Å²) in [4.78, 5) is 12.0. The number of urea groups is 1. The summed E-state index contributed by atoms with van der Waals surface area (Å²) >= 11 is 1.05. The molecule has 1 aromatic rings. The van der Waals surface area contributed by atoms with E-state index < -0.39 is 42.3 Å². The molecule has 6 N–H and O–H groups in total. The van der Waals surface area contributed by atoms with Crippen LogP contribution in [0.5, 0.6) is 0 Å². The fraction of sp³-hybridized carbons (Fsp3) is 0.625. The van der Waals surface area contributed by atoms with Crippen molar-refractivity contribution in [3.05, 3.63) is 29.8 Å². The highest BCUT2D eigenvalue weighted by Gasteiger charge is 2.58. The molecule has 0 bridgehead atoms. The lowest BCUT2D eigenvalue weighted by Crippen LogP contribution is -2.59. The smallest absolute Gasteiger partial charge is 0.319 e. The molecule has 1 saturated carbocycles. The minimum absolute atomic E-state index is 0.0110. The van der Waals surface area contributed by atoms with Gasteiger partial charge in [-0.3, -0.25) is 5.14 Å². The van der Waals surface area contributed by atoms with Gasteiger partial charge < -0.3 is 25.6 Å². The molecule has 3 rings (SSSR count). The Hall–Kier alpha value is -1.90. The monoisotopic (exact) mass is 497 g/mol. The number of alkyl halides is 2. The summed E-state index contributed by atoms with van der Waals surface area (Å²) in [5.41, 5.74) is 0.0181. The lowest BCUT2D eigenvalue weighted by Gasteiger charge is -2.45. The number of nitrogens with one attached hydrogen (secondary N) is 2. The Labute approximate surface area is 203 Å². The predicted molar refractivity (Wildman–Crippen MR) is 128 cm³/mol. The topological polar surface area (TPSA) is 117 Å². The van der Waals surface area contributed by atoms with Crippen LogP contribution in [0, 0.1) is 24.2 Å². The molecule has 0 radical (unpaired) electrons. The molecule has 1 aliphatic carbocycles. The fourth-order valence-electron chi connectivity index (χ4n) is 4.43. The average molecular weight is 498 g/mol. The lowest BCUT2D eigenvalue weighted by molar-refractivity contribution is -0.270. The van der Waals surface area contributed by atoms with Gasteiger partial charge in [-0.05, 0) is 50.2 Å². The molecule has 34 heavy (non-hydrogen) atoms. The molecule has 2 amide bonds. The van der Waals surface area contributed by atoms with Gasteiger partial charge in [0.2, 0.25) is 0 Å². The number of carbonyl (C=O) groups excluding carboxylic acids is 1. The first-order chi connectivity index (χ1) is 16.3. The quantitative estimate of drug-likeness (QED) is 0.182. The predicted octanol–water partition coefficient (Wildman–Crippen LogP) is 3.22. The van der Waals surface area contributed by atoms with Gasteiger partial charge in [0.15, 0.2) is 6.10 Å². The third-order valence-electron chi connectivity index (χ3n) is 6.41. The molecule has 1 aliphatic heterocycles. The summed E-state index contributed by atoms with van der Waals surface area (Å²) in [5, 5.41) is 32.2. The van der Waals surface area contributed by atoms with Crippen LogP contribution < -0.4 is 15.8 Å². The number of aliphatic hydroxyl groups excluding tert-OH is 2. The number of hydrogen-bond donors (Lipinski definition) is 5. The summed E-state index contributed by atoms with van der Waals surface area (Å²) < 4.78 is 36.6. The Kier molecular flexibility index (Phi) is 9.56. The zero-order valence-corrected chi connectivity index (χ0v) is 19.8. The molecule has 1 aromatic carbocycles. The number of anilines is 1. The van der Waals surface area contributed by atoms with Crippen molar-refractivity contribution >= 4 is 23.7 Å². The van der Waals surface area contributed by atoms with Crippen molar-refractivity contribution in [1.29, 1.82) is 0 Å². The Bertz CT molecular complexity index is 848. The van der Waals surface area contributed by atoms with E-state index in [1.165, 1.54) is 24.3 Å². The Balaban J connectivity index is 1.65. The second-order valence-corrected chi connectivity index (χ2v) is 9.63. The van der Waals surface area contributed by atoms with E-state index in [4.69, 9.17) is 16.3 Å². The first kappa shape index (κ1) is 26.7. The van der Waals surface area contributed by atoms with Crippen LogP contribution in [0.1, 0.15) is 44.1 Å². The Morgan fingerprint density at radius 2 is 1.94 bits per heavy atom. The molecule has 5 atom stereocenters. The largest absolute Gasteiger partial charge is 0.390 e. The number of nitrogens with two attached hydrogens (primary N) is 1. The number of rotatable bonds is 11. The number of halogens is 2. The van der Waals surface area contributed by atoms with Crippen LogP contribution in [0.2, 0.25) is 0 Å². The van der Waals surface area contributed by atoms with Crippen LogP contribution in [0.15, 0.2) is 24.3 Å². The number of terminal acetylenes is 1. The van der Waals surface area contributed by atoms with Crippen LogP contribution in [0.4, 0.5) is 19.3 Å². The molecule has 10 heteroatoms. The summed E-state index contributed by atoms with van der Waals surface area (Å²) in [5.74, 6) is -1.18. The molecule has 7 nitrogen and oxygen atoms in total. The highest BCUT2D eigenvalue weighted by Crippen LogP contribution is 2.49. The zero-order chi connectivity index (χ0) is 24.7. The van der Waals surface area contributed by atoms with Crippen molar-refractivity contribution in [1.82, 2.24) is 5.32 Å². The number of carbonyl (C=O) groups is 1. The minimum Gasteiger partial charge on any atom is -0.390 e. The molecule has 2 fully saturated rings. The molecule has 2 aliphatic rings. The maximum atomic E-state index is 15.5. The van der Waals surface area contributed by atoms with Crippen LogP contribution in [-0.4, -0.2) is 53.0 Å². The van der Waals surface area contributed by atoms with Gasteiger partial charge in [0, 0.05) is 35.9 Å². The van der Waals surface area contributed by atoms with E-state index in [-0.39, 0.29) is 11.5 Å². The van der Waals surface area contributed by atoms with Crippen molar-refractivity contribution in [2.24, 2.45) is 17.0 Å². The maximum Gasteiger partial charge on any atom is 0.319 e. The van der Waals surface area contributed by atoms with Gasteiger partial charge in [-0.25, -0.2) is 4.79 Å². The van der Waals surface area contributed by atoms with Crippen molar-refractivity contribution < 1.29 is 28.5 Å². The third kappa shape index (κ3) is 6.61. The number of ether oxygens (including phenoxy) is 1. The highest BCUT2D eigenvalue weighted by atomic mass is 32.2. The molecular weight excluding hydrogens is 464 g/mol. The number of benzene rings is 1. The van der Waals surface area contributed by atoms with Gasteiger partial charge >= 0.3 is 12.0 Å². The summed E-state index contributed by atoms with van der Waals surface area (Å²) in [6.45, 7) is 0.457. The van der Waals surface area contributed by atoms with Crippen molar-refractivity contribution in [3.8, 4) is 12.3 Å². The van der Waals surface area contributed by atoms with Gasteiger partial charge in [-0.1, -0.05) is 24.1 Å². The Morgan fingerprint density at radius 1 is 1.24 bits per heavy atom. The molecule has 1 saturated heterocycles. The lowest BCUT2D eigenvalue weighted by atomic mass is 9.79. The first-order valence-electron chi connectivity index (χ1n) is 11.6. The zero-order valence-electron chi connectivity index (χ0n) is 19.0. The van der Waals surface area contributed by atoms with Gasteiger partial charge in [0.25, 0.3) is 0 Å². The van der Waals surface area contributed by atoms with Crippen molar-refractivity contribution in [3.63, 3.8) is 0 Å². The molecule has 0 spiro atoms. The standard InChI is InChI=1S/C24H33F2N3O4S/c1-2-3-4-5-13-28-23(32)29-17-10-8-16(9-11-17)24(25,26)22-21(31)19(15-6-7-15)20(30)18(33-22)12-14-34-27/h1,8-11,15,18-22,30-31H,3-7,12-14,27H2,(H2,28,29,32)/t18?,19?,20-,21?,22+/m1/s1. The molecule has 188 valence electrons. The highest BCUT2D eigenvalue weighted by molar-refractivity contribution is 7.97. The van der Waals surface area contributed by atoms with E-state index in [0.29, 0.717) is 30.8 Å². The van der Waals surface area contributed by atoms with E-state index in [1.54, 1.807) is 0 Å². The summed E-state index contributed by atoms with van der Waals surface area (Å²) in [6.07, 6.45) is 4.14. The molecule has 3 unspecified atom stereocenters. The van der Waals surface area contributed by atoms with E-state index in [1.807, 2.05) is 0 Å². The normalized spacial score (nSPS) is 27.1. The number of unbranched alkanes of at least 4 members (excludes halogenated alkanes) is 2. The van der Waals surface area contributed by atoms with Gasteiger partial charge in [0.05, 0.1) is 18.3 Å². The van der Waals surface area contributed by atoms with Crippen LogP contribution in [0.25, 0.3) is 0 Å². The maximum absolute atomic E-state index is 15.5. The van der Waals surface area contributed by atoms with Crippen LogP contribution in [-0.2, 0) is 10.7 Å². The number of amides is 2.